The Kier molecular flexibility index (Phi) is 26.8. The zero-order valence-electron chi connectivity index (χ0n) is 76.8. The van der Waals surface area contributed by atoms with Crippen LogP contribution in [0.5, 0.6) is 0 Å². The van der Waals surface area contributed by atoms with Crippen molar-refractivity contribution in [1.29, 1.82) is 0 Å². The fourth-order valence-corrected chi connectivity index (χ4v) is 20.3. The van der Waals surface area contributed by atoms with Crippen LogP contribution in [0.3, 0.4) is 0 Å². The summed E-state index contributed by atoms with van der Waals surface area (Å²) in [7, 11) is -4.36. The van der Waals surface area contributed by atoms with E-state index in [1.165, 1.54) is 82.0 Å². The number of aromatic amines is 1. The molecule has 2 aromatic heterocycles. The summed E-state index contributed by atoms with van der Waals surface area (Å²) >= 11 is 0.659. The molecule has 4 heterocycles. The number of fused-ring (bicyclic) bond motifs is 8. The van der Waals surface area contributed by atoms with Gasteiger partial charge in [-0.3, -0.25) is 55.7 Å². The van der Waals surface area contributed by atoms with Gasteiger partial charge in [0.1, 0.15) is 17.1 Å². The number of aromatic nitrogens is 4. The number of esters is 2. The van der Waals surface area contributed by atoms with Crippen molar-refractivity contribution in [2.45, 2.75) is 47.3 Å². The standard InChI is InChI=1S/C27H20N2O6.C26H20N2O9S2.C26H20N2O6S.C25H18N2O6S/c1-3-35-27(33)23-20-16-6-4-5-7-17(16)24(30)22-19(13-12-18(21(20)22)29-25(23)31)28-15-10-8-14(9-11-15)26(32)34-2;1-13(29)21-22-15-6-4-5-7-16(15)25(30)24-19(11-10-18(23(22)24)28-26(21)31)27-17-9-8-14(39(32,33)35-3)12-20(17)38-37-36-34-2;1-14(29)21-22-17-6-4-5-7-18(17)25(30)23-19(12-13-20(24(22)23)28(2)26(21)31)27-15-8-10-16(11-9-15)35(32,33)34-3;1-13(28)20-21-16-5-3-4-6-17(16)24(29)23-19(12-11-18(22(21)23)27-25(20)30)26-14-7-9-15(10-8-14)34(31,32)33-2/h4-13,28H,3H2,1-2H3,(H,29,31);4-12,27,29H,1-3H3;4-13,27H,1-3H3;3-12,26,28H,1-2H3. The third kappa shape index (κ3) is 17.8. The van der Waals surface area contributed by atoms with Crippen molar-refractivity contribution in [3.05, 3.63) is 369 Å². The van der Waals surface area contributed by atoms with Gasteiger partial charge in [-0.1, -0.05) is 102 Å². The van der Waals surface area contributed by atoms with Gasteiger partial charge in [-0.15, -0.1) is 4.33 Å². The number of pyridine rings is 2. The number of ketones is 3. The van der Waals surface area contributed by atoms with E-state index in [9.17, 15) is 88.2 Å². The summed E-state index contributed by atoms with van der Waals surface area (Å²) < 4.78 is 102. The van der Waals surface area contributed by atoms with Crippen LogP contribution in [-0.4, -0.2) is 126 Å². The third-order valence-corrected chi connectivity index (χ3v) is 28.5. The van der Waals surface area contributed by atoms with E-state index < -0.39 is 64.5 Å². The largest absolute Gasteiger partial charge is 0.512 e. The van der Waals surface area contributed by atoms with Crippen LogP contribution in [0.15, 0.2) is 285 Å². The SMILES string of the molecule is CCOC(=O)c1c2c3c(c(Nc4ccc(C(=O)OC)cc4)ccc3[nH]c1=O)C(=O)c1ccccc1-2.COOOSc1cc(S(=O)(=O)OC)ccc1Nc1ccc2nc(=O)c(=C(C)O)c3c4ccccc4c(=O)c1c2=3.COS(=O)(=O)c1ccc(Nc2ccc3c4c2C(=O)c2ccccc2-c4c(C(C)=O)c(=O)n3C)cc1.COS(=O)(=O)c1ccc(Nc2ccc3nc(=O)c(=C(C)O)c4c5ccccc5c(=O)c2c3=4)cc1. The number of nitrogens with zero attached hydrogens (tertiary/aromatic N) is 3. The molecule has 143 heavy (non-hydrogen) atoms. The number of rotatable bonds is 22. The third-order valence-electron chi connectivity index (χ3n) is 24.0. The van der Waals surface area contributed by atoms with Gasteiger partial charge in [0, 0.05) is 94.3 Å². The number of aliphatic hydroxyl groups is 2. The van der Waals surface area contributed by atoms with Gasteiger partial charge >= 0.3 is 11.9 Å². The molecular weight excluding hydrogens is 1920 g/mol. The lowest BCUT2D eigenvalue weighted by molar-refractivity contribution is -0.447. The predicted octanol–water partition coefficient (Wildman–Crippen LogP) is 14.5. The normalized spacial score (nSPS) is 12.5. The van der Waals surface area contributed by atoms with Crippen LogP contribution in [0.25, 0.3) is 98.9 Å². The van der Waals surface area contributed by atoms with Gasteiger partial charge in [-0.05, 0) is 189 Å². The van der Waals surface area contributed by atoms with Crippen LogP contribution in [0.1, 0.15) is 90.6 Å². The van der Waals surface area contributed by atoms with E-state index in [4.69, 9.17) is 13.8 Å². The summed E-state index contributed by atoms with van der Waals surface area (Å²) in [5.74, 6) is -2.48. The molecule has 0 spiro atoms. The maximum atomic E-state index is 13.8. The smallest absolute Gasteiger partial charge is 0.344 e. The minimum atomic E-state index is -4.02. The van der Waals surface area contributed by atoms with E-state index >= 15 is 0 Å². The van der Waals surface area contributed by atoms with E-state index in [0.717, 1.165) is 21.3 Å². The number of Topliss-reactive ketones (excluding diaryl/α,β-unsaturated/α-hetero) is 1. The molecule has 0 radical (unpaired) electrons. The molecule has 35 nitrogen and oxygen atoms in total. The molecular formula is C104H78N8O27S4. The Morgan fingerprint density at radius 1 is 0.427 bits per heavy atom. The number of H-pyrrole nitrogens is 1. The van der Waals surface area contributed by atoms with Gasteiger partial charge in [0.15, 0.2) is 28.2 Å². The van der Waals surface area contributed by atoms with Crippen molar-refractivity contribution in [2.24, 2.45) is 7.05 Å². The molecule has 12 aromatic carbocycles. The summed E-state index contributed by atoms with van der Waals surface area (Å²) in [6, 6.07) is 63.3. The van der Waals surface area contributed by atoms with Crippen molar-refractivity contribution < 1.29 is 95.7 Å². The number of ether oxygens (including phenoxy) is 2. The summed E-state index contributed by atoms with van der Waals surface area (Å²) in [6.07, 6.45) is 0. The predicted molar refractivity (Wildman–Crippen MR) is 536 cm³/mol. The summed E-state index contributed by atoms with van der Waals surface area (Å²) in [4.78, 5) is 159. The van der Waals surface area contributed by atoms with Crippen molar-refractivity contribution in [2.75, 3.05) is 63.4 Å². The molecule has 0 unspecified atom stereocenters. The Morgan fingerprint density at radius 3 is 1.30 bits per heavy atom. The van der Waals surface area contributed by atoms with Gasteiger partial charge in [0.25, 0.3) is 52.6 Å². The number of hydrogen-bond donors (Lipinski definition) is 7. The molecule has 0 atom stereocenters. The van der Waals surface area contributed by atoms with Crippen LogP contribution in [-0.2, 0) is 73.7 Å². The molecule has 7 N–H and O–H groups in total. The van der Waals surface area contributed by atoms with Gasteiger partial charge in [-0.2, -0.15) is 25.3 Å². The Balaban J connectivity index is 0.000000131. The number of anilines is 8. The molecule has 4 aliphatic carbocycles. The molecule has 0 saturated heterocycles. The Bertz CT molecular complexity index is 9510. The van der Waals surface area contributed by atoms with Crippen LogP contribution in [0.4, 0.5) is 45.5 Å². The number of carbonyl (C=O) groups is 5. The molecule has 0 bridgehead atoms. The van der Waals surface area contributed by atoms with Gasteiger partial charge in [-0.25, -0.2) is 24.4 Å². The average Bonchev–Trinajstić information content (AvgIpc) is 0.730. The Morgan fingerprint density at radius 2 is 0.839 bits per heavy atom. The summed E-state index contributed by atoms with van der Waals surface area (Å²) in [5, 5.41) is 43.1. The Labute approximate surface area is 812 Å². The van der Waals surface area contributed by atoms with Crippen molar-refractivity contribution >= 4 is 194 Å². The highest BCUT2D eigenvalue weighted by Crippen LogP contribution is 2.47. The highest BCUT2D eigenvalue weighted by atomic mass is 32.2. The number of aliphatic hydroxyl groups excluding tert-OH is 2. The average molecular weight is 2000 g/mol. The highest BCUT2D eigenvalue weighted by molar-refractivity contribution is 7.94. The molecule has 0 amide bonds. The van der Waals surface area contributed by atoms with E-state index in [0.29, 0.717) is 183 Å². The van der Waals surface area contributed by atoms with Gasteiger partial charge < -0.3 is 50.5 Å². The molecule has 2 aliphatic heterocycles. The van der Waals surface area contributed by atoms with E-state index in [1.54, 1.807) is 208 Å². The van der Waals surface area contributed by atoms with E-state index in [-0.39, 0.29) is 98.4 Å². The minimum absolute atomic E-state index is 0.00112. The lowest BCUT2D eigenvalue weighted by atomic mass is 9.80. The van der Waals surface area contributed by atoms with Crippen molar-refractivity contribution in [3.8, 4) is 22.3 Å². The number of nitrogens with one attached hydrogen (secondary N) is 5. The zero-order valence-corrected chi connectivity index (χ0v) is 80.1. The lowest BCUT2D eigenvalue weighted by Crippen LogP contribution is -2.32. The lowest BCUT2D eigenvalue weighted by Gasteiger charge is -2.25. The highest BCUT2D eigenvalue weighted by Gasteiger charge is 2.37. The van der Waals surface area contributed by atoms with Gasteiger partial charge in [0.05, 0.1) is 162 Å². The van der Waals surface area contributed by atoms with Crippen LogP contribution in [0, 0.1) is 20.9 Å². The first-order valence-corrected chi connectivity index (χ1v) is 48.1. The fourth-order valence-electron chi connectivity index (χ4n) is 17.7. The molecule has 0 fully saturated rings. The van der Waals surface area contributed by atoms with E-state index in [2.05, 4.69) is 58.7 Å². The first kappa shape index (κ1) is 97.9. The van der Waals surface area contributed by atoms with Crippen molar-refractivity contribution in [3.63, 3.8) is 0 Å². The number of methoxy groups -OCH3 is 1. The van der Waals surface area contributed by atoms with Crippen LogP contribution >= 0.6 is 12.0 Å². The zero-order chi connectivity index (χ0) is 102. The number of aryl methyl sites for hydroxylation is 1. The van der Waals surface area contributed by atoms with Gasteiger partial charge in [0.2, 0.25) is 0 Å². The monoisotopic (exact) mass is 2000 g/mol. The van der Waals surface area contributed by atoms with Crippen molar-refractivity contribution in [1.82, 2.24) is 19.5 Å². The molecule has 720 valence electrons. The second kappa shape index (κ2) is 39.2. The summed E-state index contributed by atoms with van der Waals surface area (Å²) in [6.45, 7) is 5.91. The maximum Gasteiger partial charge on any atom is 0.344 e. The topological polar surface area (TPSA) is 499 Å². The van der Waals surface area contributed by atoms with Crippen LogP contribution in [0.2, 0.25) is 0 Å². The number of hydrogen-bond acceptors (Lipinski definition) is 34. The first-order valence-electron chi connectivity index (χ1n) is 43.1. The number of carbonyl (C=O) groups excluding carboxylic acids is 5. The maximum absolute atomic E-state index is 13.8. The quantitative estimate of drug-likeness (QED) is 0.00630. The minimum Gasteiger partial charge on any atom is -0.512 e. The molecule has 0 saturated carbocycles. The molecule has 39 heteroatoms. The van der Waals surface area contributed by atoms with E-state index in [1.807, 2.05) is 0 Å². The van der Waals surface area contributed by atoms with Crippen LogP contribution < -0.4 is 64.8 Å². The molecule has 6 aliphatic rings. The fraction of sp³-hybridized carbons (Fsp3) is 0.106. The second-order valence-corrected chi connectivity index (χ2v) is 38.1. The first-order chi connectivity index (χ1) is 68.5. The Hall–Kier alpha value is -16.7. The molecule has 14 aromatic rings. The number of benzene rings is 12. The summed E-state index contributed by atoms with van der Waals surface area (Å²) in [5.41, 5.74) is 6.26. The second-order valence-electron chi connectivity index (χ2n) is 32.2. The molecule has 20 rings (SSSR count).